The highest BCUT2D eigenvalue weighted by Crippen LogP contribution is 2.35. The minimum Gasteiger partial charge on any atom is -0.383 e. The van der Waals surface area contributed by atoms with Crippen LogP contribution in [-0.4, -0.2) is 33.3 Å². The highest BCUT2D eigenvalue weighted by molar-refractivity contribution is 6.32. The second kappa shape index (κ2) is 7.50. The third-order valence-electron chi connectivity index (χ3n) is 4.65. The van der Waals surface area contributed by atoms with Crippen LogP contribution in [-0.2, 0) is 0 Å². The molecule has 0 unspecified atom stereocenters. The Morgan fingerprint density at radius 3 is 2.55 bits per heavy atom. The molecule has 0 bridgehead atoms. The average Bonchev–Trinajstić information content (AvgIpc) is 3.05. The molecule has 0 aliphatic heterocycles. The van der Waals surface area contributed by atoms with Crippen molar-refractivity contribution in [2.24, 2.45) is 0 Å². The van der Waals surface area contributed by atoms with Gasteiger partial charge in [0.15, 0.2) is 5.65 Å². The zero-order valence-corrected chi connectivity index (χ0v) is 17.2. The third-order valence-corrected chi connectivity index (χ3v) is 5.26. The number of halogens is 3. The number of aromatic nitrogens is 4. The maximum absolute atomic E-state index is 13.7. The fourth-order valence-corrected chi connectivity index (χ4v) is 3.37. The van der Waals surface area contributed by atoms with E-state index in [1.165, 1.54) is 16.8 Å². The second-order valence-electron chi connectivity index (χ2n) is 6.46. The van der Waals surface area contributed by atoms with Gasteiger partial charge in [-0.15, -0.1) is 5.10 Å². The second-order valence-corrected chi connectivity index (χ2v) is 7.28. The fraction of sp³-hybridized carbons (Fsp3) is 0.150. The van der Waals surface area contributed by atoms with E-state index >= 15 is 0 Å². The molecule has 0 spiro atoms. The Kier molecular flexibility index (Phi) is 5.02. The highest BCUT2D eigenvalue weighted by Gasteiger charge is 2.21. The molecular weight excluding hydrogens is 414 g/mol. The van der Waals surface area contributed by atoms with Crippen molar-refractivity contribution in [2.45, 2.75) is 6.92 Å². The number of nitrogens with two attached hydrogens (primary N) is 1. The van der Waals surface area contributed by atoms with Crippen LogP contribution in [0, 0.1) is 5.82 Å². The highest BCUT2D eigenvalue weighted by atomic mass is 35.5. The van der Waals surface area contributed by atoms with Crippen LogP contribution in [0.2, 0.25) is 10.0 Å². The monoisotopic (exact) mass is 430 g/mol. The first kappa shape index (κ1) is 19.4. The molecule has 0 radical (unpaired) electrons. The standard InChI is InChI=1S/C20H17Cl2FN6/c1-3-28(2)20-25-17(11-8-9-14(23)13(22)10-11)16-18(24)29(27-19(16)26-20)15-7-5-4-6-12(15)21/h4-10H,3,24H2,1-2H3. The number of rotatable bonds is 4. The minimum absolute atomic E-state index is 0.00303. The Morgan fingerprint density at radius 2 is 1.86 bits per heavy atom. The lowest BCUT2D eigenvalue weighted by Gasteiger charge is -2.15. The van der Waals surface area contributed by atoms with Crippen molar-refractivity contribution in [3.63, 3.8) is 0 Å². The van der Waals surface area contributed by atoms with Crippen LogP contribution >= 0.6 is 23.2 Å². The number of nitrogen functional groups attached to an aromatic ring is 1. The van der Waals surface area contributed by atoms with Gasteiger partial charge in [-0.05, 0) is 37.3 Å². The Bertz CT molecular complexity index is 1220. The SMILES string of the molecule is CCN(C)c1nc(-c2ccc(F)c(Cl)c2)c2c(N)n(-c3ccccc3Cl)nc2n1. The van der Waals surface area contributed by atoms with E-state index in [0.29, 0.717) is 51.3 Å². The molecule has 0 aliphatic carbocycles. The van der Waals surface area contributed by atoms with Gasteiger partial charge in [0.25, 0.3) is 0 Å². The molecule has 4 aromatic rings. The van der Waals surface area contributed by atoms with Crippen LogP contribution in [0.15, 0.2) is 42.5 Å². The van der Waals surface area contributed by atoms with Crippen LogP contribution in [0.4, 0.5) is 16.2 Å². The van der Waals surface area contributed by atoms with E-state index in [0.717, 1.165) is 0 Å². The molecule has 6 nitrogen and oxygen atoms in total. The van der Waals surface area contributed by atoms with E-state index in [1.54, 1.807) is 12.1 Å². The van der Waals surface area contributed by atoms with E-state index in [9.17, 15) is 4.39 Å². The van der Waals surface area contributed by atoms with E-state index in [2.05, 4.69) is 15.1 Å². The lowest BCUT2D eigenvalue weighted by Crippen LogP contribution is -2.19. The molecule has 0 amide bonds. The van der Waals surface area contributed by atoms with Crippen LogP contribution in [0.5, 0.6) is 0 Å². The molecule has 4 rings (SSSR count). The van der Waals surface area contributed by atoms with Gasteiger partial charge in [0, 0.05) is 19.2 Å². The van der Waals surface area contributed by atoms with Gasteiger partial charge in [0.1, 0.15) is 11.6 Å². The summed E-state index contributed by atoms with van der Waals surface area (Å²) in [6.45, 7) is 2.68. The molecule has 0 saturated heterocycles. The number of hydrogen-bond donors (Lipinski definition) is 1. The Labute approximate surface area is 176 Å². The van der Waals surface area contributed by atoms with Crippen LogP contribution in [0.3, 0.4) is 0 Å². The summed E-state index contributed by atoms with van der Waals surface area (Å²) in [5.74, 6) is 0.292. The van der Waals surface area contributed by atoms with Gasteiger partial charge in [-0.25, -0.2) is 14.1 Å². The van der Waals surface area contributed by atoms with Crippen molar-refractivity contribution in [2.75, 3.05) is 24.2 Å². The number of hydrogen-bond acceptors (Lipinski definition) is 5. The van der Waals surface area contributed by atoms with E-state index < -0.39 is 5.82 Å². The molecule has 2 N–H and O–H groups in total. The Balaban J connectivity index is 2.04. The Hall–Kier alpha value is -2.90. The van der Waals surface area contributed by atoms with Gasteiger partial charge in [0.05, 0.1) is 26.8 Å². The molecule has 0 aliphatic rings. The molecule has 148 valence electrons. The van der Waals surface area contributed by atoms with Crippen molar-refractivity contribution in [3.8, 4) is 16.9 Å². The van der Waals surface area contributed by atoms with Crippen molar-refractivity contribution in [3.05, 3.63) is 58.3 Å². The summed E-state index contributed by atoms with van der Waals surface area (Å²) in [7, 11) is 1.87. The van der Waals surface area contributed by atoms with Gasteiger partial charge in [-0.3, -0.25) is 0 Å². The zero-order chi connectivity index (χ0) is 20.7. The van der Waals surface area contributed by atoms with E-state index in [1.807, 2.05) is 37.1 Å². The third kappa shape index (κ3) is 3.36. The van der Waals surface area contributed by atoms with Crippen molar-refractivity contribution in [1.82, 2.24) is 19.7 Å². The predicted octanol–water partition coefficient (Wildman–Crippen LogP) is 4.97. The van der Waals surface area contributed by atoms with Gasteiger partial charge < -0.3 is 10.6 Å². The molecule has 2 heterocycles. The molecule has 2 aromatic carbocycles. The predicted molar refractivity (Wildman–Crippen MR) is 115 cm³/mol. The lowest BCUT2D eigenvalue weighted by molar-refractivity contribution is 0.628. The number of benzene rings is 2. The van der Waals surface area contributed by atoms with Gasteiger partial charge in [0.2, 0.25) is 5.95 Å². The summed E-state index contributed by atoms with van der Waals surface area (Å²) in [5, 5.41) is 5.61. The molecule has 2 aromatic heterocycles. The number of nitrogens with zero attached hydrogens (tertiary/aromatic N) is 5. The first-order chi connectivity index (χ1) is 13.9. The molecule has 0 fully saturated rings. The smallest absolute Gasteiger partial charge is 0.227 e. The summed E-state index contributed by atoms with van der Waals surface area (Å²) in [6, 6.07) is 11.6. The molecule has 0 saturated carbocycles. The summed E-state index contributed by atoms with van der Waals surface area (Å²) >= 11 is 12.3. The summed E-state index contributed by atoms with van der Waals surface area (Å²) < 4.78 is 15.2. The topological polar surface area (TPSA) is 72.9 Å². The molecule has 0 atom stereocenters. The van der Waals surface area contributed by atoms with E-state index in [-0.39, 0.29) is 5.02 Å². The molecule has 9 heteroatoms. The van der Waals surface area contributed by atoms with Gasteiger partial charge in [-0.2, -0.15) is 4.98 Å². The summed E-state index contributed by atoms with van der Waals surface area (Å²) in [6.07, 6.45) is 0. The molecular formula is C20H17Cl2FN6. The van der Waals surface area contributed by atoms with Gasteiger partial charge in [-0.1, -0.05) is 35.3 Å². The van der Waals surface area contributed by atoms with Crippen LogP contribution in [0.1, 0.15) is 6.92 Å². The summed E-state index contributed by atoms with van der Waals surface area (Å²) in [4.78, 5) is 11.1. The number of anilines is 2. The van der Waals surface area contributed by atoms with Crippen LogP contribution < -0.4 is 10.6 Å². The van der Waals surface area contributed by atoms with Gasteiger partial charge >= 0.3 is 0 Å². The normalized spacial score (nSPS) is 11.2. The zero-order valence-electron chi connectivity index (χ0n) is 15.7. The lowest BCUT2D eigenvalue weighted by atomic mass is 10.1. The maximum Gasteiger partial charge on any atom is 0.227 e. The van der Waals surface area contributed by atoms with Crippen molar-refractivity contribution < 1.29 is 4.39 Å². The Morgan fingerprint density at radius 1 is 1.10 bits per heavy atom. The average molecular weight is 431 g/mol. The quantitative estimate of drug-likeness (QED) is 0.494. The minimum atomic E-state index is -0.508. The first-order valence-electron chi connectivity index (χ1n) is 8.88. The van der Waals surface area contributed by atoms with Crippen molar-refractivity contribution >= 4 is 46.0 Å². The van der Waals surface area contributed by atoms with E-state index in [4.69, 9.17) is 28.9 Å². The summed E-state index contributed by atoms with van der Waals surface area (Å²) in [5.41, 5.74) is 8.60. The maximum atomic E-state index is 13.7. The van der Waals surface area contributed by atoms with Crippen molar-refractivity contribution in [1.29, 1.82) is 0 Å². The molecule has 29 heavy (non-hydrogen) atoms. The fourth-order valence-electron chi connectivity index (χ4n) is 2.97. The number of fused-ring (bicyclic) bond motifs is 1. The number of para-hydroxylation sites is 1. The largest absolute Gasteiger partial charge is 0.383 e. The van der Waals surface area contributed by atoms with Crippen LogP contribution in [0.25, 0.3) is 28.0 Å². The first-order valence-corrected chi connectivity index (χ1v) is 9.64.